The first-order chi connectivity index (χ1) is 11.1. The van der Waals surface area contributed by atoms with Crippen molar-refractivity contribution in [1.29, 1.82) is 0 Å². The Morgan fingerprint density at radius 3 is 2.74 bits per heavy atom. The Bertz CT molecular complexity index is 867. The Morgan fingerprint density at radius 1 is 1.22 bits per heavy atom. The quantitative estimate of drug-likeness (QED) is 0.564. The van der Waals surface area contributed by atoms with Gasteiger partial charge in [-0.1, -0.05) is 36.4 Å². The topological polar surface area (TPSA) is 68.2 Å². The molecule has 0 radical (unpaired) electrons. The molecular weight excluding hydrogens is 292 g/mol. The van der Waals surface area contributed by atoms with E-state index >= 15 is 0 Å². The van der Waals surface area contributed by atoms with Crippen molar-refractivity contribution in [2.45, 2.75) is 13.5 Å². The van der Waals surface area contributed by atoms with Gasteiger partial charge in [0.25, 0.3) is 0 Å². The van der Waals surface area contributed by atoms with Gasteiger partial charge in [0.2, 0.25) is 6.20 Å². The summed E-state index contributed by atoms with van der Waals surface area (Å²) in [6.07, 6.45) is 4.17. The van der Waals surface area contributed by atoms with E-state index in [0.717, 1.165) is 33.8 Å². The summed E-state index contributed by atoms with van der Waals surface area (Å²) in [6.45, 7) is 2.43. The maximum Gasteiger partial charge on any atom is 0.235 e. The average molecular weight is 308 g/mol. The molecule has 5 heteroatoms. The molecule has 0 aliphatic carbocycles. The van der Waals surface area contributed by atoms with Crippen molar-refractivity contribution in [3.63, 3.8) is 0 Å². The van der Waals surface area contributed by atoms with Gasteiger partial charge >= 0.3 is 0 Å². The lowest BCUT2D eigenvalue weighted by atomic mass is 10.1. The van der Waals surface area contributed by atoms with E-state index < -0.39 is 4.92 Å². The number of aryl methyl sites for hydroxylation is 1. The molecule has 116 valence electrons. The monoisotopic (exact) mass is 308 g/mol. The number of aromatic nitrogens is 1. The molecule has 23 heavy (non-hydrogen) atoms. The fourth-order valence-electron chi connectivity index (χ4n) is 2.51. The van der Waals surface area contributed by atoms with E-state index in [4.69, 9.17) is 4.74 Å². The Kier molecular flexibility index (Phi) is 4.10. The van der Waals surface area contributed by atoms with Crippen LogP contribution in [0, 0.1) is 17.0 Å². The lowest BCUT2D eigenvalue weighted by Gasteiger charge is -2.09. The fourth-order valence-corrected chi connectivity index (χ4v) is 2.51. The molecule has 0 bridgehead atoms. The molecule has 2 aromatic carbocycles. The Balaban J connectivity index is 1.97. The third kappa shape index (κ3) is 3.23. The van der Waals surface area contributed by atoms with Crippen molar-refractivity contribution in [3.05, 3.63) is 81.7 Å². The van der Waals surface area contributed by atoms with Crippen LogP contribution in [0.1, 0.15) is 16.7 Å². The highest BCUT2D eigenvalue weighted by atomic mass is 16.6. The van der Waals surface area contributed by atoms with Crippen LogP contribution in [0.2, 0.25) is 0 Å². The van der Waals surface area contributed by atoms with Gasteiger partial charge in [-0.15, -0.1) is 0 Å². The highest BCUT2D eigenvalue weighted by Crippen LogP contribution is 2.32. The van der Waals surface area contributed by atoms with Gasteiger partial charge in [0.15, 0.2) is 0 Å². The molecule has 1 N–H and O–H groups in total. The van der Waals surface area contributed by atoms with Crippen LogP contribution in [0.3, 0.4) is 0 Å². The van der Waals surface area contributed by atoms with Crippen LogP contribution >= 0.6 is 0 Å². The predicted octanol–water partition coefficient (Wildman–Crippen LogP) is 4.30. The van der Waals surface area contributed by atoms with Gasteiger partial charge in [0.05, 0.1) is 10.4 Å². The third-order valence-corrected chi connectivity index (χ3v) is 3.65. The number of nitro groups is 1. The molecule has 0 spiro atoms. The minimum absolute atomic E-state index is 0.447. The number of ether oxygens (including phenoxy) is 1. The van der Waals surface area contributed by atoms with Crippen LogP contribution in [-0.2, 0) is 6.61 Å². The second-order valence-corrected chi connectivity index (χ2v) is 5.25. The van der Waals surface area contributed by atoms with Gasteiger partial charge in [-0.2, -0.15) is 0 Å². The van der Waals surface area contributed by atoms with Crippen LogP contribution in [0.15, 0.2) is 54.9 Å². The zero-order valence-corrected chi connectivity index (χ0v) is 12.7. The molecule has 1 heterocycles. The zero-order valence-electron chi connectivity index (χ0n) is 12.7. The number of rotatable bonds is 5. The van der Waals surface area contributed by atoms with Crippen molar-refractivity contribution in [3.8, 4) is 5.75 Å². The lowest BCUT2D eigenvalue weighted by molar-refractivity contribution is -0.400. The van der Waals surface area contributed by atoms with Gasteiger partial charge in [0.1, 0.15) is 12.4 Å². The molecule has 3 aromatic rings. The van der Waals surface area contributed by atoms with E-state index in [1.54, 1.807) is 6.20 Å². The number of aromatic amines is 1. The fraction of sp³-hybridized carbons (Fsp3) is 0.111. The molecule has 0 fully saturated rings. The molecule has 0 atom stereocenters. The summed E-state index contributed by atoms with van der Waals surface area (Å²) in [5.41, 5.74) is 3.80. The summed E-state index contributed by atoms with van der Waals surface area (Å²) in [7, 11) is 0. The lowest BCUT2D eigenvalue weighted by Crippen LogP contribution is -1.96. The number of hydrogen-bond donors (Lipinski definition) is 1. The van der Waals surface area contributed by atoms with Crippen LogP contribution in [0.4, 0.5) is 0 Å². The highest BCUT2D eigenvalue weighted by molar-refractivity contribution is 5.95. The molecular formula is C18H16N2O3. The molecule has 0 amide bonds. The van der Waals surface area contributed by atoms with Crippen molar-refractivity contribution in [2.24, 2.45) is 0 Å². The van der Waals surface area contributed by atoms with E-state index in [9.17, 15) is 10.1 Å². The SMILES string of the molecule is Cc1ccc(OCc2ccccc2)c2c(/C=C/[N+](=O)[O-])c[nH]c12. The van der Waals surface area contributed by atoms with E-state index in [0.29, 0.717) is 12.4 Å². The number of fused-ring (bicyclic) bond motifs is 1. The summed E-state index contributed by atoms with van der Waals surface area (Å²) in [4.78, 5) is 13.3. The van der Waals surface area contributed by atoms with Crippen molar-refractivity contribution >= 4 is 17.0 Å². The Morgan fingerprint density at radius 2 is 2.00 bits per heavy atom. The second kappa shape index (κ2) is 6.36. The van der Waals surface area contributed by atoms with Crippen molar-refractivity contribution in [1.82, 2.24) is 4.98 Å². The number of benzene rings is 2. The summed E-state index contributed by atoms with van der Waals surface area (Å²) in [6, 6.07) is 13.8. The van der Waals surface area contributed by atoms with Crippen molar-refractivity contribution in [2.75, 3.05) is 0 Å². The first kappa shape index (κ1) is 14.8. The maximum absolute atomic E-state index is 10.6. The summed E-state index contributed by atoms with van der Waals surface area (Å²) >= 11 is 0. The maximum atomic E-state index is 10.6. The van der Waals surface area contributed by atoms with Crippen LogP contribution in [-0.4, -0.2) is 9.91 Å². The van der Waals surface area contributed by atoms with E-state index in [2.05, 4.69) is 4.98 Å². The van der Waals surface area contributed by atoms with Gasteiger partial charge in [-0.25, -0.2) is 0 Å². The molecule has 0 aliphatic heterocycles. The first-order valence-electron chi connectivity index (χ1n) is 7.24. The van der Waals surface area contributed by atoms with Crippen LogP contribution in [0.5, 0.6) is 5.75 Å². The van der Waals surface area contributed by atoms with Gasteiger partial charge in [0, 0.05) is 23.2 Å². The summed E-state index contributed by atoms with van der Waals surface area (Å²) in [5.74, 6) is 0.707. The number of nitrogens with one attached hydrogen (secondary N) is 1. The first-order valence-corrected chi connectivity index (χ1v) is 7.24. The largest absolute Gasteiger partial charge is 0.488 e. The van der Waals surface area contributed by atoms with E-state index in [1.165, 1.54) is 6.08 Å². The van der Waals surface area contributed by atoms with E-state index in [1.807, 2.05) is 49.4 Å². The smallest absolute Gasteiger partial charge is 0.235 e. The minimum Gasteiger partial charge on any atom is -0.488 e. The normalized spacial score (nSPS) is 11.2. The predicted molar refractivity (Wildman–Crippen MR) is 89.8 cm³/mol. The molecule has 0 saturated carbocycles. The van der Waals surface area contributed by atoms with Crippen molar-refractivity contribution < 1.29 is 9.66 Å². The molecule has 0 saturated heterocycles. The highest BCUT2D eigenvalue weighted by Gasteiger charge is 2.11. The van der Waals surface area contributed by atoms with Gasteiger partial charge in [-0.3, -0.25) is 10.1 Å². The molecule has 5 nitrogen and oxygen atoms in total. The molecule has 0 aliphatic rings. The van der Waals surface area contributed by atoms with Crippen LogP contribution < -0.4 is 4.74 Å². The second-order valence-electron chi connectivity index (χ2n) is 5.25. The summed E-state index contributed by atoms with van der Waals surface area (Å²) in [5, 5.41) is 11.4. The summed E-state index contributed by atoms with van der Waals surface area (Å²) < 4.78 is 5.94. The van der Waals surface area contributed by atoms with Gasteiger partial charge < -0.3 is 9.72 Å². The molecule has 0 unspecified atom stereocenters. The van der Waals surface area contributed by atoms with Gasteiger partial charge in [-0.05, 0) is 24.1 Å². The van der Waals surface area contributed by atoms with E-state index in [-0.39, 0.29) is 0 Å². The molecule has 3 rings (SSSR count). The molecule has 1 aromatic heterocycles. The average Bonchev–Trinajstić information content (AvgIpc) is 2.98. The Labute approximate surface area is 133 Å². The number of nitrogens with zero attached hydrogens (tertiary/aromatic N) is 1. The number of hydrogen-bond acceptors (Lipinski definition) is 3. The third-order valence-electron chi connectivity index (χ3n) is 3.65. The van der Waals surface area contributed by atoms with Crippen LogP contribution in [0.25, 0.3) is 17.0 Å². The Hall–Kier alpha value is -3.08. The minimum atomic E-state index is -0.473. The number of H-pyrrole nitrogens is 1. The zero-order chi connectivity index (χ0) is 16.2. The standard InChI is InChI=1S/C18H16N2O3/c1-13-7-8-16(23-12-14-5-3-2-4-6-14)17-15(9-10-20(21)22)11-19-18(13)17/h2-11,19H,12H2,1H3/b10-9+.